The van der Waals surface area contributed by atoms with Crippen LogP contribution in [0.5, 0.6) is 5.75 Å². The molecular formula is C30H29NO4. The Labute approximate surface area is 205 Å². The standard InChI is InChI=1S/C30H29NO4/c1-5-6-14-34-23-9-7-8-21(17-23)27-26-28(32)24-15-18(2)10-13-25(24)35-29(26)30(33)31(27)22-12-11-19(3)20(4)16-22/h7-13,15-17,27H,5-6,14H2,1-4H3. The van der Waals surface area contributed by atoms with E-state index in [0.717, 1.165) is 46.5 Å². The number of amides is 1. The molecule has 0 bridgehead atoms. The number of fused-ring (bicyclic) bond motifs is 2. The second kappa shape index (κ2) is 9.06. The first-order valence-electron chi connectivity index (χ1n) is 12.1. The summed E-state index contributed by atoms with van der Waals surface area (Å²) in [6, 6.07) is 18.4. The molecule has 0 aliphatic carbocycles. The molecule has 1 aliphatic rings. The number of carbonyl (C=O) groups excluding carboxylic acids is 1. The molecule has 4 aromatic rings. The van der Waals surface area contributed by atoms with Crippen molar-refractivity contribution in [3.8, 4) is 5.75 Å². The molecule has 0 spiro atoms. The molecule has 1 aliphatic heterocycles. The lowest BCUT2D eigenvalue weighted by Crippen LogP contribution is -2.29. The smallest absolute Gasteiger partial charge is 0.295 e. The molecule has 5 rings (SSSR count). The van der Waals surface area contributed by atoms with Gasteiger partial charge in [0, 0.05) is 5.69 Å². The predicted molar refractivity (Wildman–Crippen MR) is 139 cm³/mol. The van der Waals surface area contributed by atoms with Gasteiger partial charge < -0.3 is 9.15 Å². The Balaban J connectivity index is 1.73. The van der Waals surface area contributed by atoms with Crippen molar-refractivity contribution in [2.24, 2.45) is 0 Å². The monoisotopic (exact) mass is 467 g/mol. The van der Waals surface area contributed by atoms with Crippen LogP contribution in [-0.2, 0) is 0 Å². The summed E-state index contributed by atoms with van der Waals surface area (Å²) in [5.41, 5.74) is 5.32. The highest BCUT2D eigenvalue weighted by Crippen LogP contribution is 2.42. The minimum absolute atomic E-state index is 0.104. The van der Waals surface area contributed by atoms with Gasteiger partial charge in [0.05, 0.1) is 23.6 Å². The number of carbonyl (C=O) groups is 1. The first-order valence-corrected chi connectivity index (χ1v) is 12.1. The van der Waals surface area contributed by atoms with Crippen molar-refractivity contribution < 1.29 is 13.9 Å². The van der Waals surface area contributed by atoms with Crippen molar-refractivity contribution in [2.75, 3.05) is 11.5 Å². The van der Waals surface area contributed by atoms with E-state index >= 15 is 0 Å². The molecule has 1 unspecified atom stereocenters. The fraction of sp³-hybridized carbons (Fsp3) is 0.267. The van der Waals surface area contributed by atoms with Crippen LogP contribution in [0.15, 0.2) is 69.9 Å². The lowest BCUT2D eigenvalue weighted by molar-refractivity contribution is 0.0971. The van der Waals surface area contributed by atoms with Gasteiger partial charge in [-0.3, -0.25) is 14.5 Å². The maximum atomic E-state index is 13.8. The SMILES string of the molecule is CCCCOc1cccc(C2c3c(oc4ccc(C)cc4c3=O)C(=O)N2c2ccc(C)c(C)c2)c1. The number of rotatable bonds is 6. The van der Waals surface area contributed by atoms with Gasteiger partial charge in [0.1, 0.15) is 11.3 Å². The second-order valence-electron chi connectivity index (χ2n) is 9.29. The van der Waals surface area contributed by atoms with Gasteiger partial charge in [-0.2, -0.15) is 0 Å². The van der Waals surface area contributed by atoms with E-state index in [4.69, 9.17) is 9.15 Å². The Hall–Kier alpha value is -3.86. The number of hydrogen-bond donors (Lipinski definition) is 0. The molecule has 1 atom stereocenters. The molecule has 3 aromatic carbocycles. The summed E-state index contributed by atoms with van der Waals surface area (Å²) in [4.78, 5) is 29.3. The van der Waals surface area contributed by atoms with Crippen molar-refractivity contribution in [3.63, 3.8) is 0 Å². The third kappa shape index (κ3) is 4.01. The number of aryl methyl sites for hydroxylation is 3. The molecule has 1 amide bonds. The van der Waals surface area contributed by atoms with E-state index in [1.165, 1.54) is 0 Å². The molecule has 178 valence electrons. The van der Waals surface area contributed by atoms with Gasteiger partial charge in [0.25, 0.3) is 5.91 Å². The molecule has 1 aromatic heterocycles. The summed E-state index contributed by atoms with van der Waals surface area (Å²) in [5, 5.41) is 0.485. The van der Waals surface area contributed by atoms with Crippen LogP contribution < -0.4 is 15.1 Å². The average Bonchev–Trinajstić information content (AvgIpc) is 3.14. The third-order valence-corrected chi connectivity index (χ3v) is 6.73. The average molecular weight is 468 g/mol. The van der Waals surface area contributed by atoms with Gasteiger partial charge in [-0.25, -0.2) is 0 Å². The zero-order valence-electron chi connectivity index (χ0n) is 20.6. The molecule has 0 fully saturated rings. The van der Waals surface area contributed by atoms with E-state index in [2.05, 4.69) is 6.92 Å². The largest absolute Gasteiger partial charge is 0.494 e. The lowest BCUT2D eigenvalue weighted by atomic mass is 9.97. The molecule has 5 heteroatoms. The topological polar surface area (TPSA) is 59.8 Å². The van der Waals surface area contributed by atoms with Gasteiger partial charge in [0.2, 0.25) is 5.76 Å². The van der Waals surface area contributed by atoms with Crippen LogP contribution in [-0.4, -0.2) is 12.5 Å². The number of hydrogen-bond acceptors (Lipinski definition) is 4. The van der Waals surface area contributed by atoms with Crippen LogP contribution in [0.4, 0.5) is 5.69 Å². The summed E-state index contributed by atoms with van der Waals surface area (Å²) in [6.45, 7) is 8.73. The second-order valence-corrected chi connectivity index (χ2v) is 9.29. The molecule has 0 N–H and O–H groups in total. The molecule has 35 heavy (non-hydrogen) atoms. The van der Waals surface area contributed by atoms with Gasteiger partial charge in [0.15, 0.2) is 5.43 Å². The van der Waals surface area contributed by atoms with Crippen molar-refractivity contribution in [1.82, 2.24) is 0 Å². The summed E-state index contributed by atoms with van der Waals surface area (Å²) in [7, 11) is 0. The van der Waals surface area contributed by atoms with Gasteiger partial charge in [-0.05, 0) is 80.3 Å². The Morgan fingerprint density at radius 1 is 0.943 bits per heavy atom. The highest BCUT2D eigenvalue weighted by atomic mass is 16.5. The molecule has 0 radical (unpaired) electrons. The van der Waals surface area contributed by atoms with Crippen LogP contribution in [0.3, 0.4) is 0 Å². The number of unbranched alkanes of at least 4 members (excludes halogenated alkanes) is 1. The Morgan fingerprint density at radius 3 is 2.54 bits per heavy atom. The number of ether oxygens (including phenoxy) is 1. The van der Waals surface area contributed by atoms with Crippen molar-refractivity contribution in [2.45, 2.75) is 46.6 Å². The first-order chi connectivity index (χ1) is 16.9. The Bertz CT molecular complexity index is 1500. The molecule has 2 heterocycles. The van der Waals surface area contributed by atoms with Crippen molar-refractivity contribution >= 4 is 22.6 Å². The van der Waals surface area contributed by atoms with E-state index in [1.54, 1.807) is 11.0 Å². The van der Waals surface area contributed by atoms with E-state index in [0.29, 0.717) is 23.1 Å². The molecule has 0 saturated heterocycles. The zero-order chi connectivity index (χ0) is 24.7. The summed E-state index contributed by atoms with van der Waals surface area (Å²) >= 11 is 0. The van der Waals surface area contributed by atoms with Crippen molar-refractivity contribution in [1.29, 1.82) is 0 Å². The maximum absolute atomic E-state index is 13.8. The third-order valence-electron chi connectivity index (χ3n) is 6.73. The van der Waals surface area contributed by atoms with E-state index in [1.807, 2.05) is 75.4 Å². The van der Waals surface area contributed by atoms with Crippen molar-refractivity contribution in [3.05, 3.63) is 104 Å². The Kier molecular flexibility index (Phi) is 5.93. The van der Waals surface area contributed by atoms with Gasteiger partial charge in [-0.1, -0.05) is 43.2 Å². The van der Waals surface area contributed by atoms with E-state index in [-0.39, 0.29) is 17.1 Å². The van der Waals surface area contributed by atoms with Gasteiger partial charge >= 0.3 is 0 Å². The normalized spacial score (nSPS) is 15.0. The summed E-state index contributed by atoms with van der Waals surface area (Å²) in [6.07, 6.45) is 2.00. The van der Waals surface area contributed by atoms with Crippen LogP contribution >= 0.6 is 0 Å². The fourth-order valence-corrected chi connectivity index (χ4v) is 4.65. The Morgan fingerprint density at radius 2 is 1.77 bits per heavy atom. The fourth-order valence-electron chi connectivity index (χ4n) is 4.65. The van der Waals surface area contributed by atoms with Crippen LogP contribution in [0.1, 0.15) is 64.2 Å². The lowest BCUT2D eigenvalue weighted by Gasteiger charge is -2.26. The minimum Gasteiger partial charge on any atom is -0.494 e. The number of benzene rings is 3. The van der Waals surface area contributed by atoms with E-state index < -0.39 is 6.04 Å². The van der Waals surface area contributed by atoms with Crippen LogP contribution in [0.2, 0.25) is 0 Å². The highest BCUT2D eigenvalue weighted by molar-refractivity contribution is 6.10. The minimum atomic E-state index is -0.615. The predicted octanol–water partition coefficient (Wildman–Crippen LogP) is 6.65. The molecule has 0 saturated carbocycles. The van der Waals surface area contributed by atoms with E-state index in [9.17, 15) is 9.59 Å². The number of nitrogens with zero attached hydrogens (tertiary/aromatic N) is 1. The quantitative estimate of drug-likeness (QED) is 0.298. The van der Waals surface area contributed by atoms with Crippen LogP contribution in [0, 0.1) is 20.8 Å². The number of anilines is 1. The van der Waals surface area contributed by atoms with Crippen LogP contribution in [0.25, 0.3) is 11.0 Å². The molecule has 5 nitrogen and oxygen atoms in total. The summed E-state index contributed by atoms with van der Waals surface area (Å²) in [5.74, 6) is 0.509. The maximum Gasteiger partial charge on any atom is 0.295 e. The zero-order valence-corrected chi connectivity index (χ0v) is 20.6. The highest BCUT2D eigenvalue weighted by Gasteiger charge is 2.43. The first kappa shape index (κ1) is 22.9. The molecular weight excluding hydrogens is 438 g/mol. The summed E-state index contributed by atoms with van der Waals surface area (Å²) < 4.78 is 12.0. The van der Waals surface area contributed by atoms with Gasteiger partial charge in [-0.15, -0.1) is 0 Å².